The molecule has 3 nitrogen and oxygen atoms in total. The van der Waals surface area contributed by atoms with Crippen molar-refractivity contribution in [3.8, 4) is 5.75 Å². The molecule has 1 aromatic carbocycles. The molecule has 0 aliphatic heterocycles. The first-order valence-corrected chi connectivity index (χ1v) is 5.66. The Kier molecular flexibility index (Phi) is 3.28. The molecule has 0 aliphatic carbocycles. The summed E-state index contributed by atoms with van der Waals surface area (Å²) in [6.07, 6.45) is 5.82. The van der Waals surface area contributed by atoms with Crippen molar-refractivity contribution in [3.05, 3.63) is 48.3 Å². The number of rotatable bonds is 3. The molecule has 0 unspecified atom stereocenters. The van der Waals surface area contributed by atoms with Gasteiger partial charge in [-0.2, -0.15) is 0 Å². The molecular weight excluding hydrogens is 212 g/mol. The quantitative estimate of drug-likeness (QED) is 0.802. The Hall–Kier alpha value is -2.03. The van der Waals surface area contributed by atoms with Crippen molar-refractivity contribution < 1.29 is 5.11 Å². The van der Waals surface area contributed by atoms with E-state index in [4.69, 9.17) is 0 Å². The van der Waals surface area contributed by atoms with Crippen LogP contribution in [-0.4, -0.2) is 15.9 Å². The zero-order valence-electron chi connectivity index (χ0n) is 10.0. The van der Waals surface area contributed by atoms with Crippen molar-refractivity contribution in [2.45, 2.75) is 19.9 Å². The van der Waals surface area contributed by atoms with Crippen LogP contribution in [0.5, 0.6) is 5.75 Å². The lowest BCUT2D eigenvalue weighted by Gasteiger charge is -2.04. The van der Waals surface area contributed by atoms with E-state index in [1.165, 1.54) is 0 Å². The first kappa shape index (κ1) is 11.5. The van der Waals surface area contributed by atoms with Gasteiger partial charge in [0.25, 0.3) is 0 Å². The lowest BCUT2D eigenvalue weighted by atomic mass is 10.3. The Bertz CT molecular complexity index is 527. The minimum atomic E-state index is 0.201. The third-order valence-electron chi connectivity index (χ3n) is 2.57. The Labute approximate surface area is 101 Å². The largest absolute Gasteiger partial charge is 0.506 e. The predicted octanol–water partition coefficient (Wildman–Crippen LogP) is 3.53. The second kappa shape index (κ2) is 4.87. The number of aromatic nitrogens is 1. The molecule has 88 valence electrons. The van der Waals surface area contributed by atoms with Crippen LogP contribution in [0.25, 0.3) is 0 Å². The summed E-state index contributed by atoms with van der Waals surface area (Å²) in [5, 5.41) is 9.56. The van der Waals surface area contributed by atoms with Crippen molar-refractivity contribution >= 4 is 11.9 Å². The lowest BCUT2D eigenvalue weighted by molar-refractivity contribution is 0.477. The van der Waals surface area contributed by atoms with Gasteiger partial charge in [0.05, 0.1) is 0 Å². The monoisotopic (exact) mass is 228 g/mol. The molecule has 2 aromatic rings. The van der Waals surface area contributed by atoms with Crippen molar-refractivity contribution in [3.63, 3.8) is 0 Å². The highest BCUT2D eigenvalue weighted by Gasteiger charge is 1.99. The summed E-state index contributed by atoms with van der Waals surface area (Å²) >= 11 is 0. The minimum absolute atomic E-state index is 0.201. The van der Waals surface area contributed by atoms with Crippen LogP contribution in [0.1, 0.15) is 25.5 Å². The highest BCUT2D eigenvalue weighted by molar-refractivity contribution is 5.82. The average molecular weight is 228 g/mol. The molecule has 0 bridgehead atoms. The SMILES string of the molecule is CC(C)n1ccc(C=Nc2ccccc2O)c1. The number of phenols is 1. The van der Waals surface area contributed by atoms with Gasteiger partial charge in [-0.15, -0.1) is 0 Å². The zero-order valence-corrected chi connectivity index (χ0v) is 10.0. The van der Waals surface area contributed by atoms with E-state index in [2.05, 4.69) is 23.4 Å². The van der Waals surface area contributed by atoms with Gasteiger partial charge in [-0.25, -0.2) is 0 Å². The summed E-state index contributed by atoms with van der Waals surface area (Å²) in [5.74, 6) is 0.201. The van der Waals surface area contributed by atoms with Crippen LogP contribution in [0.4, 0.5) is 5.69 Å². The highest BCUT2D eigenvalue weighted by Crippen LogP contribution is 2.24. The van der Waals surface area contributed by atoms with E-state index in [1.807, 2.05) is 24.5 Å². The van der Waals surface area contributed by atoms with Crippen molar-refractivity contribution in [2.75, 3.05) is 0 Å². The van der Waals surface area contributed by atoms with Gasteiger partial charge in [0.1, 0.15) is 11.4 Å². The average Bonchev–Trinajstić information content (AvgIpc) is 2.77. The Morgan fingerprint density at radius 1 is 1.24 bits per heavy atom. The van der Waals surface area contributed by atoms with Gasteiger partial charge in [0.2, 0.25) is 0 Å². The summed E-state index contributed by atoms with van der Waals surface area (Å²) in [4.78, 5) is 4.26. The molecule has 0 aliphatic rings. The van der Waals surface area contributed by atoms with E-state index < -0.39 is 0 Å². The van der Waals surface area contributed by atoms with Crippen molar-refractivity contribution in [1.29, 1.82) is 0 Å². The van der Waals surface area contributed by atoms with Gasteiger partial charge < -0.3 is 9.67 Å². The summed E-state index contributed by atoms with van der Waals surface area (Å²) in [5.41, 5.74) is 1.62. The fourth-order valence-corrected chi connectivity index (χ4v) is 1.55. The fourth-order valence-electron chi connectivity index (χ4n) is 1.55. The predicted molar refractivity (Wildman–Crippen MR) is 70.2 cm³/mol. The number of aliphatic imine (C=N–C) groups is 1. The Morgan fingerprint density at radius 3 is 2.65 bits per heavy atom. The molecule has 1 heterocycles. The van der Waals surface area contributed by atoms with Crippen molar-refractivity contribution in [1.82, 2.24) is 4.57 Å². The molecule has 0 radical (unpaired) electrons. The van der Waals surface area contributed by atoms with Crippen LogP contribution in [0.3, 0.4) is 0 Å². The van der Waals surface area contributed by atoms with Crippen LogP contribution in [0, 0.1) is 0 Å². The number of aromatic hydroxyl groups is 1. The van der Waals surface area contributed by atoms with Crippen LogP contribution >= 0.6 is 0 Å². The number of hydrogen-bond donors (Lipinski definition) is 1. The smallest absolute Gasteiger partial charge is 0.141 e. The highest BCUT2D eigenvalue weighted by atomic mass is 16.3. The topological polar surface area (TPSA) is 37.5 Å². The fraction of sp³-hybridized carbons (Fsp3) is 0.214. The molecule has 0 atom stereocenters. The van der Waals surface area contributed by atoms with Gasteiger partial charge in [0.15, 0.2) is 0 Å². The normalized spacial score (nSPS) is 11.5. The van der Waals surface area contributed by atoms with Gasteiger partial charge >= 0.3 is 0 Å². The molecule has 1 N–H and O–H groups in total. The van der Waals surface area contributed by atoms with Crippen LogP contribution < -0.4 is 0 Å². The van der Waals surface area contributed by atoms with Crippen LogP contribution in [-0.2, 0) is 0 Å². The van der Waals surface area contributed by atoms with E-state index >= 15 is 0 Å². The molecule has 1 aromatic heterocycles. The summed E-state index contributed by atoms with van der Waals surface area (Å²) in [6.45, 7) is 4.26. The van der Waals surface area contributed by atoms with E-state index in [-0.39, 0.29) is 5.75 Å². The van der Waals surface area contributed by atoms with Gasteiger partial charge in [-0.05, 0) is 32.0 Å². The summed E-state index contributed by atoms with van der Waals surface area (Å²) < 4.78 is 2.12. The van der Waals surface area contributed by atoms with Gasteiger partial charge in [0, 0.05) is 30.2 Å². The van der Waals surface area contributed by atoms with E-state index in [9.17, 15) is 5.11 Å². The van der Waals surface area contributed by atoms with Gasteiger partial charge in [-0.3, -0.25) is 4.99 Å². The number of phenolic OH excluding ortho intramolecular Hbond substituents is 1. The molecule has 0 fully saturated rings. The van der Waals surface area contributed by atoms with E-state index in [1.54, 1.807) is 24.4 Å². The second-order valence-electron chi connectivity index (χ2n) is 4.23. The first-order valence-electron chi connectivity index (χ1n) is 5.66. The third-order valence-corrected chi connectivity index (χ3v) is 2.57. The summed E-state index contributed by atoms with van der Waals surface area (Å²) in [6, 6.07) is 9.50. The second-order valence-corrected chi connectivity index (χ2v) is 4.23. The standard InChI is InChI=1S/C14H16N2O/c1-11(2)16-8-7-12(10-16)9-15-13-5-3-4-6-14(13)17/h3-11,17H,1-2H3. The zero-order chi connectivity index (χ0) is 12.3. The van der Waals surface area contributed by atoms with Crippen LogP contribution in [0.2, 0.25) is 0 Å². The Balaban J connectivity index is 2.18. The molecular formula is C14H16N2O. The number of para-hydroxylation sites is 2. The number of hydrogen-bond acceptors (Lipinski definition) is 2. The van der Waals surface area contributed by atoms with Gasteiger partial charge in [-0.1, -0.05) is 12.1 Å². The molecule has 0 spiro atoms. The third kappa shape index (κ3) is 2.75. The summed E-state index contributed by atoms with van der Waals surface area (Å²) in [7, 11) is 0. The maximum Gasteiger partial charge on any atom is 0.141 e. The van der Waals surface area contributed by atoms with E-state index in [0.717, 1.165) is 5.56 Å². The molecule has 3 heteroatoms. The molecule has 0 saturated carbocycles. The molecule has 0 amide bonds. The number of nitrogens with zero attached hydrogens (tertiary/aromatic N) is 2. The Morgan fingerprint density at radius 2 is 2.00 bits per heavy atom. The minimum Gasteiger partial charge on any atom is -0.506 e. The maximum absolute atomic E-state index is 9.56. The van der Waals surface area contributed by atoms with E-state index in [0.29, 0.717) is 11.7 Å². The lowest BCUT2D eigenvalue weighted by Crippen LogP contribution is -1.95. The number of benzene rings is 1. The van der Waals surface area contributed by atoms with Crippen molar-refractivity contribution in [2.24, 2.45) is 4.99 Å². The molecule has 17 heavy (non-hydrogen) atoms. The molecule has 2 rings (SSSR count). The van der Waals surface area contributed by atoms with Crippen LogP contribution in [0.15, 0.2) is 47.7 Å². The maximum atomic E-state index is 9.56. The first-order chi connectivity index (χ1) is 8.16. The molecule has 0 saturated heterocycles.